The van der Waals surface area contributed by atoms with Crippen LogP contribution in [0.1, 0.15) is 45.6 Å². The lowest BCUT2D eigenvalue weighted by atomic mass is 9.93. The summed E-state index contributed by atoms with van der Waals surface area (Å²) in [5.41, 5.74) is 1.64. The summed E-state index contributed by atoms with van der Waals surface area (Å²) in [5, 5.41) is 21.1. The van der Waals surface area contributed by atoms with E-state index < -0.39 is 6.10 Å². The minimum atomic E-state index is -0.443. The van der Waals surface area contributed by atoms with Gasteiger partial charge in [0.2, 0.25) is 0 Å². The number of aliphatic hydroxyl groups is 1. The summed E-state index contributed by atoms with van der Waals surface area (Å²) in [6.07, 6.45) is 5.19. The molecule has 2 atom stereocenters. The second-order valence-corrected chi connectivity index (χ2v) is 6.53. The summed E-state index contributed by atoms with van der Waals surface area (Å²) in [6, 6.07) is 5.53. The molecule has 1 heterocycles. The maximum atomic E-state index is 12.1. The number of carbonyl (C=O) groups is 1. The van der Waals surface area contributed by atoms with Crippen molar-refractivity contribution in [2.45, 2.75) is 57.7 Å². The molecular formula is C17H24N4O2. The van der Waals surface area contributed by atoms with E-state index in [2.05, 4.69) is 29.6 Å². The van der Waals surface area contributed by atoms with Gasteiger partial charge < -0.3 is 15.7 Å². The highest BCUT2D eigenvalue weighted by atomic mass is 16.3. The van der Waals surface area contributed by atoms with Crippen molar-refractivity contribution in [2.24, 2.45) is 0 Å². The van der Waals surface area contributed by atoms with Crippen LogP contribution in [-0.4, -0.2) is 33.1 Å². The molecule has 0 radical (unpaired) electrons. The molecule has 124 valence electrons. The number of nitrogens with one attached hydrogen (secondary N) is 2. The average molecular weight is 316 g/mol. The molecule has 0 aliphatic heterocycles. The fourth-order valence-electron chi connectivity index (χ4n) is 3.00. The number of carbonyl (C=O) groups excluding carboxylic acids is 1. The second kappa shape index (κ2) is 6.58. The van der Waals surface area contributed by atoms with Crippen molar-refractivity contribution in [3.8, 4) is 0 Å². The van der Waals surface area contributed by atoms with Gasteiger partial charge >= 0.3 is 6.03 Å². The number of benzene rings is 1. The van der Waals surface area contributed by atoms with E-state index in [-0.39, 0.29) is 12.1 Å². The quantitative estimate of drug-likeness (QED) is 0.814. The topological polar surface area (TPSA) is 79.2 Å². The van der Waals surface area contributed by atoms with Crippen molar-refractivity contribution in [1.29, 1.82) is 0 Å². The number of rotatable bonds is 3. The fraction of sp³-hybridized carbons (Fsp3) is 0.529. The van der Waals surface area contributed by atoms with Crippen molar-refractivity contribution in [3.05, 3.63) is 24.4 Å². The van der Waals surface area contributed by atoms with Gasteiger partial charge in [0, 0.05) is 23.3 Å². The number of fused-ring (bicyclic) bond motifs is 1. The number of aromatic nitrogens is 2. The van der Waals surface area contributed by atoms with Gasteiger partial charge in [-0.05, 0) is 44.9 Å². The lowest BCUT2D eigenvalue weighted by Crippen LogP contribution is -2.46. The molecule has 6 heteroatoms. The largest absolute Gasteiger partial charge is 0.391 e. The third kappa shape index (κ3) is 3.64. The van der Waals surface area contributed by atoms with Crippen molar-refractivity contribution in [1.82, 2.24) is 15.1 Å². The third-order valence-corrected chi connectivity index (χ3v) is 4.36. The smallest absolute Gasteiger partial charge is 0.319 e. The Labute approximate surface area is 135 Å². The van der Waals surface area contributed by atoms with Gasteiger partial charge in [0.15, 0.2) is 0 Å². The first-order chi connectivity index (χ1) is 11.0. The van der Waals surface area contributed by atoms with E-state index in [0.717, 1.165) is 42.3 Å². The first-order valence-electron chi connectivity index (χ1n) is 8.27. The van der Waals surface area contributed by atoms with Gasteiger partial charge in [0.1, 0.15) is 0 Å². The van der Waals surface area contributed by atoms with Crippen LogP contribution in [0.25, 0.3) is 10.9 Å². The predicted molar refractivity (Wildman–Crippen MR) is 90.5 cm³/mol. The van der Waals surface area contributed by atoms with Gasteiger partial charge in [-0.15, -0.1) is 0 Å². The zero-order valence-electron chi connectivity index (χ0n) is 13.6. The van der Waals surface area contributed by atoms with Crippen LogP contribution in [0.4, 0.5) is 10.5 Å². The van der Waals surface area contributed by atoms with E-state index in [4.69, 9.17) is 0 Å². The average Bonchev–Trinajstić information content (AvgIpc) is 2.93. The Morgan fingerprint density at radius 1 is 1.35 bits per heavy atom. The molecule has 1 aliphatic carbocycles. The third-order valence-electron chi connectivity index (χ3n) is 4.36. The lowest BCUT2D eigenvalue weighted by Gasteiger charge is -2.28. The Bertz CT molecular complexity index is 695. The second-order valence-electron chi connectivity index (χ2n) is 6.53. The summed E-state index contributed by atoms with van der Waals surface area (Å²) < 4.78 is 1.91. The van der Waals surface area contributed by atoms with Crippen molar-refractivity contribution in [3.63, 3.8) is 0 Å². The standard InChI is InChI=1S/C17H24N4O2/c1-11(2)21-10-12-9-13(7-8-14(12)20-21)18-17(23)19-15-5-3-4-6-16(15)22/h7-11,15-16,22H,3-6H2,1-2H3,(H2,18,19,23). The first kappa shape index (κ1) is 15.8. The zero-order chi connectivity index (χ0) is 16.4. The lowest BCUT2D eigenvalue weighted by molar-refractivity contribution is 0.0955. The molecule has 3 rings (SSSR count). The SMILES string of the molecule is CC(C)n1cc2cc(NC(=O)NC3CCCCC3O)ccc2n1. The molecule has 2 unspecified atom stereocenters. The molecule has 0 bridgehead atoms. The van der Waals surface area contributed by atoms with Gasteiger partial charge in [0.05, 0.1) is 17.7 Å². The van der Waals surface area contributed by atoms with Gasteiger partial charge in [0.25, 0.3) is 0 Å². The van der Waals surface area contributed by atoms with Gasteiger partial charge in [-0.2, -0.15) is 5.10 Å². The van der Waals surface area contributed by atoms with Gasteiger partial charge in [-0.25, -0.2) is 4.79 Å². The molecular weight excluding hydrogens is 292 g/mol. The fourth-order valence-corrected chi connectivity index (χ4v) is 3.00. The maximum Gasteiger partial charge on any atom is 0.319 e. The molecule has 2 aromatic rings. The highest BCUT2D eigenvalue weighted by Gasteiger charge is 2.24. The molecule has 0 spiro atoms. The maximum absolute atomic E-state index is 12.1. The number of hydrogen-bond acceptors (Lipinski definition) is 3. The molecule has 3 N–H and O–H groups in total. The molecule has 1 aromatic carbocycles. The van der Waals surface area contributed by atoms with Crippen LogP contribution < -0.4 is 10.6 Å². The first-order valence-corrected chi connectivity index (χ1v) is 8.27. The molecule has 2 amide bonds. The molecule has 6 nitrogen and oxygen atoms in total. The van der Waals surface area contributed by atoms with E-state index in [9.17, 15) is 9.90 Å². The molecule has 1 aromatic heterocycles. The van der Waals surface area contributed by atoms with E-state index in [1.54, 1.807) is 0 Å². The number of hydrogen-bond donors (Lipinski definition) is 3. The molecule has 23 heavy (non-hydrogen) atoms. The monoisotopic (exact) mass is 316 g/mol. The van der Waals surface area contributed by atoms with Crippen LogP contribution >= 0.6 is 0 Å². The summed E-state index contributed by atoms with van der Waals surface area (Å²) >= 11 is 0. The number of nitrogens with zero attached hydrogens (tertiary/aromatic N) is 2. The predicted octanol–water partition coefficient (Wildman–Crippen LogP) is 3.04. The van der Waals surface area contributed by atoms with Crippen molar-refractivity contribution in [2.75, 3.05) is 5.32 Å². The van der Waals surface area contributed by atoms with Crippen LogP contribution in [0.3, 0.4) is 0 Å². The van der Waals surface area contributed by atoms with Crippen molar-refractivity contribution < 1.29 is 9.90 Å². The van der Waals surface area contributed by atoms with Gasteiger partial charge in [-0.1, -0.05) is 12.8 Å². The number of amides is 2. The minimum Gasteiger partial charge on any atom is -0.391 e. The number of anilines is 1. The Morgan fingerprint density at radius 3 is 2.87 bits per heavy atom. The highest BCUT2D eigenvalue weighted by Crippen LogP contribution is 2.21. The van der Waals surface area contributed by atoms with E-state index in [1.807, 2.05) is 29.1 Å². The molecule has 1 fully saturated rings. The summed E-state index contributed by atoms with van der Waals surface area (Å²) in [5.74, 6) is 0. The van der Waals surface area contributed by atoms with Gasteiger partial charge in [-0.3, -0.25) is 4.68 Å². The molecule has 0 saturated heterocycles. The zero-order valence-corrected chi connectivity index (χ0v) is 13.6. The van der Waals surface area contributed by atoms with Crippen LogP contribution in [-0.2, 0) is 0 Å². The van der Waals surface area contributed by atoms with Crippen LogP contribution in [0.2, 0.25) is 0 Å². The minimum absolute atomic E-state index is 0.156. The Morgan fingerprint density at radius 2 is 2.13 bits per heavy atom. The summed E-state index contributed by atoms with van der Waals surface area (Å²) in [4.78, 5) is 12.1. The number of aliphatic hydroxyl groups excluding tert-OH is 1. The van der Waals surface area contributed by atoms with E-state index in [0.29, 0.717) is 6.04 Å². The number of urea groups is 1. The van der Waals surface area contributed by atoms with Crippen LogP contribution in [0.15, 0.2) is 24.4 Å². The Kier molecular flexibility index (Phi) is 4.52. The van der Waals surface area contributed by atoms with E-state index in [1.165, 1.54) is 0 Å². The molecule has 1 saturated carbocycles. The summed E-state index contributed by atoms with van der Waals surface area (Å²) in [7, 11) is 0. The van der Waals surface area contributed by atoms with Crippen molar-refractivity contribution >= 4 is 22.6 Å². The van der Waals surface area contributed by atoms with Crippen LogP contribution in [0, 0.1) is 0 Å². The van der Waals surface area contributed by atoms with Crippen LogP contribution in [0.5, 0.6) is 0 Å². The summed E-state index contributed by atoms with van der Waals surface area (Å²) in [6.45, 7) is 4.15. The molecule has 1 aliphatic rings. The Balaban J connectivity index is 1.67. The normalized spacial score (nSPS) is 21.6. The highest BCUT2D eigenvalue weighted by molar-refractivity contribution is 5.92. The Hall–Kier alpha value is -2.08. The van der Waals surface area contributed by atoms with E-state index >= 15 is 0 Å².